The molecule has 0 aliphatic heterocycles. The molecule has 0 aromatic heterocycles. The molecular formula is C14H22O. The molecule has 0 bridgehead atoms. The molecule has 2 atom stereocenters. The van der Waals surface area contributed by atoms with Crippen molar-refractivity contribution >= 4 is 6.29 Å². The van der Waals surface area contributed by atoms with Crippen LogP contribution in [0.3, 0.4) is 0 Å². The second-order valence-corrected chi connectivity index (χ2v) is 5.97. The summed E-state index contributed by atoms with van der Waals surface area (Å²) in [5.41, 5.74) is 0.298. The summed E-state index contributed by atoms with van der Waals surface area (Å²) in [4.78, 5) is 11.1. The summed E-state index contributed by atoms with van der Waals surface area (Å²) >= 11 is 0. The van der Waals surface area contributed by atoms with Crippen molar-refractivity contribution < 1.29 is 4.79 Å². The first-order valence-electron chi connectivity index (χ1n) is 6.27. The predicted molar refractivity (Wildman–Crippen MR) is 62.5 cm³/mol. The Morgan fingerprint density at radius 1 is 1.27 bits per heavy atom. The van der Waals surface area contributed by atoms with Gasteiger partial charge in [-0.2, -0.15) is 0 Å². The number of hydrogen-bond donors (Lipinski definition) is 0. The van der Waals surface area contributed by atoms with Crippen LogP contribution in [-0.2, 0) is 4.79 Å². The smallest absolute Gasteiger partial charge is 0.127 e. The molecule has 0 heterocycles. The molecule has 2 unspecified atom stereocenters. The third kappa shape index (κ3) is 2.32. The predicted octanol–water partition coefficient (Wildman–Crippen LogP) is 3.59. The largest absolute Gasteiger partial charge is 0.303 e. The van der Waals surface area contributed by atoms with Crippen LogP contribution in [0.25, 0.3) is 0 Å². The molecule has 0 saturated heterocycles. The highest BCUT2D eigenvalue weighted by Gasteiger charge is 2.36. The fourth-order valence-electron chi connectivity index (χ4n) is 3.34. The van der Waals surface area contributed by atoms with Gasteiger partial charge in [-0.3, -0.25) is 0 Å². The van der Waals surface area contributed by atoms with E-state index in [-0.39, 0.29) is 5.92 Å². The van der Waals surface area contributed by atoms with Crippen molar-refractivity contribution in [3.05, 3.63) is 12.2 Å². The third-order valence-electron chi connectivity index (χ3n) is 4.19. The van der Waals surface area contributed by atoms with Gasteiger partial charge in [0.15, 0.2) is 0 Å². The highest BCUT2D eigenvalue weighted by molar-refractivity contribution is 5.58. The SMILES string of the molecule is CC1(C)C=CC(C=O)C(C2CCCC2)C1. The number of hydrogen-bond acceptors (Lipinski definition) is 1. The van der Waals surface area contributed by atoms with E-state index < -0.39 is 0 Å². The van der Waals surface area contributed by atoms with Gasteiger partial charge in [-0.1, -0.05) is 51.7 Å². The van der Waals surface area contributed by atoms with Crippen LogP contribution in [0, 0.1) is 23.2 Å². The van der Waals surface area contributed by atoms with E-state index >= 15 is 0 Å². The molecule has 2 rings (SSSR count). The van der Waals surface area contributed by atoms with Crippen molar-refractivity contribution in [1.82, 2.24) is 0 Å². The highest BCUT2D eigenvalue weighted by Crippen LogP contribution is 2.44. The summed E-state index contributed by atoms with van der Waals surface area (Å²) in [6.45, 7) is 4.57. The van der Waals surface area contributed by atoms with E-state index in [1.807, 2.05) is 0 Å². The average molecular weight is 206 g/mol. The summed E-state index contributed by atoms with van der Waals surface area (Å²) in [6, 6.07) is 0. The Kier molecular flexibility index (Phi) is 2.99. The lowest BCUT2D eigenvalue weighted by atomic mass is 9.67. The van der Waals surface area contributed by atoms with Crippen molar-refractivity contribution in [2.24, 2.45) is 23.2 Å². The minimum atomic E-state index is 0.195. The van der Waals surface area contributed by atoms with Crippen LogP contribution in [0.4, 0.5) is 0 Å². The van der Waals surface area contributed by atoms with Crippen LogP contribution < -0.4 is 0 Å². The van der Waals surface area contributed by atoms with Crippen molar-refractivity contribution in [2.75, 3.05) is 0 Å². The van der Waals surface area contributed by atoms with Crippen LogP contribution >= 0.6 is 0 Å². The summed E-state index contributed by atoms with van der Waals surface area (Å²) in [5.74, 6) is 1.62. The molecule has 2 aliphatic carbocycles. The van der Waals surface area contributed by atoms with Gasteiger partial charge < -0.3 is 4.79 Å². The Morgan fingerprint density at radius 3 is 2.53 bits per heavy atom. The average Bonchev–Trinajstić information content (AvgIpc) is 2.69. The quantitative estimate of drug-likeness (QED) is 0.498. The highest BCUT2D eigenvalue weighted by atomic mass is 16.1. The zero-order valence-electron chi connectivity index (χ0n) is 9.91. The van der Waals surface area contributed by atoms with E-state index in [4.69, 9.17) is 0 Å². The van der Waals surface area contributed by atoms with Crippen molar-refractivity contribution in [3.8, 4) is 0 Å². The molecule has 0 spiro atoms. The Hall–Kier alpha value is -0.590. The molecule has 1 fully saturated rings. The molecule has 1 heteroatoms. The van der Waals surface area contributed by atoms with Crippen LogP contribution in [0.5, 0.6) is 0 Å². The Labute approximate surface area is 92.9 Å². The normalized spacial score (nSPS) is 35.6. The van der Waals surface area contributed by atoms with Crippen molar-refractivity contribution in [2.45, 2.75) is 46.0 Å². The van der Waals surface area contributed by atoms with Gasteiger partial charge in [0, 0.05) is 5.92 Å². The van der Waals surface area contributed by atoms with E-state index in [0.29, 0.717) is 11.3 Å². The second kappa shape index (κ2) is 4.11. The Balaban J connectivity index is 2.13. The van der Waals surface area contributed by atoms with Crippen LogP contribution in [-0.4, -0.2) is 6.29 Å². The molecular weight excluding hydrogens is 184 g/mol. The zero-order chi connectivity index (χ0) is 10.9. The van der Waals surface area contributed by atoms with Crippen LogP contribution in [0.2, 0.25) is 0 Å². The second-order valence-electron chi connectivity index (χ2n) is 5.97. The zero-order valence-corrected chi connectivity index (χ0v) is 9.91. The lowest BCUT2D eigenvalue weighted by molar-refractivity contribution is -0.112. The van der Waals surface area contributed by atoms with E-state index in [9.17, 15) is 4.79 Å². The maximum absolute atomic E-state index is 11.1. The van der Waals surface area contributed by atoms with Crippen molar-refractivity contribution in [3.63, 3.8) is 0 Å². The Bertz CT molecular complexity index is 259. The molecule has 0 aromatic rings. The molecule has 0 aromatic carbocycles. The molecule has 1 saturated carbocycles. The molecule has 0 N–H and O–H groups in total. The van der Waals surface area contributed by atoms with Crippen molar-refractivity contribution in [1.29, 1.82) is 0 Å². The van der Waals surface area contributed by atoms with Gasteiger partial charge in [0.25, 0.3) is 0 Å². The molecule has 15 heavy (non-hydrogen) atoms. The maximum Gasteiger partial charge on any atom is 0.127 e. The molecule has 0 amide bonds. The van der Waals surface area contributed by atoms with Gasteiger partial charge >= 0.3 is 0 Å². The first kappa shape index (κ1) is 10.9. The standard InChI is InChI=1S/C14H22O/c1-14(2)8-7-12(10-15)13(9-14)11-5-3-4-6-11/h7-8,10-13H,3-6,9H2,1-2H3. The van der Waals surface area contributed by atoms with Gasteiger partial charge in [0.1, 0.15) is 6.29 Å². The molecule has 0 radical (unpaired) electrons. The van der Waals surface area contributed by atoms with Gasteiger partial charge in [0.2, 0.25) is 0 Å². The summed E-state index contributed by atoms with van der Waals surface area (Å²) in [7, 11) is 0. The molecule has 84 valence electrons. The summed E-state index contributed by atoms with van der Waals surface area (Å²) in [6.07, 6.45) is 12.2. The van der Waals surface area contributed by atoms with Gasteiger partial charge in [-0.05, 0) is 23.7 Å². The maximum atomic E-state index is 11.1. The number of aldehydes is 1. The third-order valence-corrected chi connectivity index (χ3v) is 4.19. The van der Waals surface area contributed by atoms with Gasteiger partial charge in [0.05, 0.1) is 0 Å². The lowest BCUT2D eigenvalue weighted by Crippen LogP contribution is -2.30. The van der Waals surface area contributed by atoms with Crippen LogP contribution in [0.1, 0.15) is 46.0 Å². The lowest BCUT2D eigenvalue weighted by Gasteiger charge is -2.37. The van der Waals surface area contributed by atoms with E-state index in [2.05, 4.69) is 26.0 Å². The summed E-state index contributed by atoms with van der Waals surface area (Å²) in [5, 5.41) is 0. The van der Waals surface area contributed by atoms with Gasteiger partial charge in [-0.15, -0.1) is 0 Å². The molecule has 1 nitrogen and oxygen atoms in total. The van der Waals surface area contributed by atoms with Gasteiger partial charge in [-0.25, -0.2) is 0 Å². The molecule has 2 aliphatic rings. The Morgan fingerprint density at radius 2 is 1.93 bits per heavy atom. The number of carbonyl (C=O) groups is 1. The minimum absolute atomic E-state index is 0.195. The number of allylic oxidation sites excluding steroid dienone is 2. The summed E-state index contributed by atoms with van der Waals surface area (Å²) < 4.78 is 0. The van der Waals surface area contributed by atoms with E-state index in [0.717, 1.165) is 12.2 Å². The first-order chi connectivity index (χ1) is 7.12. The fraction of sp³-hybridized carbons (Fsp3) is 0.786. The van der Waals surface area contributed by atoms with E-state index in [1.54, 1.807) is 0 Å². The number of rotatable bonds is 2. The number of carbonyl (C=O) groups excluding carboxylic acids is 1. The first-order valence-corrected chi connectivity index (χ1v) is 6.27. The van der Waals surface area contributed by atoms with E-state index in [1.165, 1.54) is 32.1 Å². The monoisotopic (exact) mass is 206 g/mol. The fourth-order valence-corrected chi connectivity index (χ4v) is 3.34. The topological polar surface area (TPSA) is 17.1 Å². The minimum Gasteiger partial charge on any atom is -0.303 e. The van der Waals surface area contributed by atoms with Crippen LogP contribution in [0.15, 0.2) is 12.2 Å².